The lowest BCUT2D eigenvalue weighted by Gasteiger charge is -2.18. The van der Waals surface area contributed by atoms with Gasteiger partial charge in [0.1, 0.15) is 6.10 Å². The van der Waals surface area contributed by atoms with E-state index in [2.05, 4.69) is 71.7 Å². The number of aryl methyl sites for hydroxylation is 1. The Morgan fingerprint density at radius 2 is 1.45 bits per heavy atom. The van der Waals surface area contributed by atoms with E-state index in [1.165, 1.54) is 0 Å². The van der Waals surface area contributed by atoms with Gasteiger partial charge in [-0.2, -0.15) is 0 Å². The molecule has 6 nitrogen and oxygen atoms in total. The number of carbonyl (C=O) groups excluding carboxylic acids is 1. The molecule has 5 rings (SSSR count). The molecule has 5 aromatic rings. The average Bonchev–Trinajstić information content (AvgIpc) is 3.50. The second-order valence-electron chi connectivity index (χ2n) is 10.4. The Bertz CT molecular complexity index is 1580. The zero-order chi connectivity index (χ0) is 29.3. The number of amides is 1. The van der Waals surface area contributed by atoms with E-state index in [1.807, 2.05) is 62.5 Å². The molecule has 214 valence electrons. The number of rotatable bonds is 12. The molecule has 1 amide bonds. The van der Waals surface area contributed by atoms with Crippen LogP contribution >= 0.6 is 0 Å². The zero-order valence-electron chi connectivity index (χ0n) is 24.5. The van der Waals surface area contributed by atoms with Crippen molar-refractivity contribution in [1.82, 2.24) is 15.1 Å². The van der Waals surface area contributed by atoms with E-state index in [0.717, 1.165) is 46.2 Å². The van der Waals surface area contributed by atoms with Gasteiger partial charge in [0, 0.05) is 38.6 Å². The molecule has 0 bridgehead atoms. The van der Waals surface area contributed by atoms with Crippen LogP contribution in [0.2, 0.25) is 0 Å². The lowest BCUT2D eigenvalue weighted by Crippen LogP contribution is -2.26. The van der Waals surface area contributed by atoms with Crippen molar-refractivity contribution in [2.75, 3.05) is 13.7 Å². The Hall–Kier alpha value is -4.55. The summed E-state index contributed by atoms with van der Waals surface area (Å²) in [6.45, 7) is 5.15. The van der Waals surface area contributed by atoms with E-state index in [0.29, 0.717) is 36.9 Å². The van der Waals surface area contributed by atoms with Crippen molar-refractivity contribution in [2.45, 2.75) is 45.8 Å². The summed E-state index contributed by atoms with van der Waals surface area (Å²) in [4.78, 5) is 14.9. The zero-order valence-corrected chi connectivity index (χ0v) is 24.5. The second-order valence-corrected chi connectivity index (χ2v) is 10.4. The summed E-state index contributed by atoms with van der Waals surface area (Å²) in [5.74, 6) is 1.18. The van der Waals surface area contributed by atoms with E-state index >= 15 is 0 Å². The van der Waals surface area contributed by atoms with Gasteiger partial charge >= 0.3 is 0 Å². The summed E-state index contributed by atoms with van der Waals surface area (Å²) in [6.07, 6.45) is 2.11. The second kappa shape index (κ2) is 13.9. The maximum Gasteiger partial charge on any atom is 0.253 e. The molecule has 1 unspecified atom stereocenters. The minimum absolute atomic E-state index is 0.00344. The van der Waals surface area contributed by atoms with Crippen molar-refractivity contribution in [3.05, 3.63) is 132 Å². The van der Waals surface area contributed by atoms with E-state index in [4.69, 9.17) is 9.15 Å². The normalized spacial score (nSPS) is 11.8. The SMILES string of the molecule is CCCc1nnc(C(Cc2ccc(-c3cccc(CN(C)C(=O)c4ccc(-c5ccccc5)cc4)c3)cc2)OCC)o1. The van der Waals surface area contributed by atoms with Gasteiger partial charge in [0.25, 0.3) is 5.91 Å². The third-order valence-corrected chi connectivity index (χ3v) is 7.23. The lowest BCUT2D eigenvalue weighted by atomic mass is 9.99. The predicted molar refractivity (Wildman–Crippen MR) is 166 cm³/mol. The molecule has 0 saturated heterocycles. The fourth-order valence-corrected chi connectivity index (χ4v) is 5.03. The van der Waals surface area contributed by atoms with Crippen molar-refractivity contribution < 1.29 is 13.9 Å². The summed E-state index contributed by atoms with van der Waals surface area (Å²) in [6, 6.07) is 34.8. The molecule has 1 heterocycles. The van der Waals surface area contributed by atoms with Crippen molar-refractivity contribution in [3.63, 3.8) is 0 Å². The molecule has 6 heteroatoms. The molecule has 0 spiro atoms. The Labute approximate surface area is 248 Å². The first kappa shape index (κ1) is 29.0. The monoisotopic (exact) mass is 559 g/mol. The topological polar surface area (TPSA) is 68.5 Å². The number of aromatic nitrogens is 2. The van der Waals surface area contributed by atoms with Gasteiger partial charge in [-0.3, -0.25) is 4.79 Å². The number of ether oxygens (including phenoxy) is 1. The third kappa shape index (κ3) is 7.20. The van der Waals surface area contributed by atoms with Gasteiger partial charge in [-0.15, -0.1) is 10.2 Å². The van der Waals surface area contributed by atoms with Gasteiger partial charge in [0.05, 0.1) is 0 Å². The number of hydrogen-bond donors (Lipinski definition) is 0. The van der Waals surface area contributed by atoms with Gasteiger partial charge in [-0.1, -0.05) is 91.9 Å². The molecule has 0 aliphatic carbocycles. The van der Waals surface area contributed by atoms with Crippen LogP contribution in [0.4, 0.5) is 0 Å². The van der Waals surface area contributed by atoms with Crippen LogP contribution < -0.4 is 0 Å². The fraction of sp³-hybridized carbons (Fsp3) is 0.250. The van der Waals surface area contributed by atoms with Gasteiger partial charge in [0.15, 0.2) is 0 Å². The lowest BCUT2D eigenvalue weighted by molar-refractivity contribution is 0.0422. The predicted octanol–water partition coefficient (Wildman–Crippen LogP) is 7.95. The number of benzene rings is 4. The first-order chi connectivity index (χ1) is 20.5. The molecule has 1 atom stereocenters. The van der Waals surface area contributed by atoms with E-state index < -0.39 is 0 Å². The van der Waals surface area contributed by atoms with Crippen LogP contribution in [-0.4, -0.2) is 34.7 Å². The van der Waals surface area contributed by atoms with Crippen LogP contribution in [0.5, 0.6) is 0 Å². The summed E-state index contributed by atoms with van der Waals surface area (Å²) in [5.41, 5.74) is 7.33. The van der Waals surface area contributed by atoms with Gasteiger partial charge in [-0.25, -0.2) is 0 Å². The smallest absolute Gasteiger partial charge is 0.253 e. The maximum absolute atomic E-state index is 13.2. The van der Waals surface area contributed by atoms with Crippen molar-refractivity contribution in [3.8, 4) is 22.3 Å². The number of hydrogen-bond acceptors (Lipinski definition) is 5. The Kier molecular flexibility index (Phi) is 9.57. The van der Waals surface area contributed by atoms with E-state index in [-0.39, 0.29) is 12.0 Å². The Balaban J connectivity index is 1.23. The highest BCUT2D eigenvalue weighted by Crippen LogP contribution is 2.26. The molecule has 0 radical (unpaired) electrons. The highest BCUT2D eigenvalue weighted by atomic mass is 16.5. The summed E-state index contributed by atoms with van der Waals surface area (Å²) in [5, 5.41) is 8.38. The largest absolute Gasteiger partial charge is 0.422 e. The molecule has 4 aromatic carbocycles. The highest BCUT2D eigenvalue weighted by Gasteiger charge is 2.20. The van der Waals surface area contributed by atoms with Crippen LogP contribution in [0.15, 0.2) is 108 Å². The Morgan fingerprint density at radius 1 is 0.786 bits per heavy atom. The quantitative estimate of drug-likeness (QED) is 0.155. The highest BCUT2D eigenvalue weighted by molar-refractivity contribution is 5.94. The first-order valence-corrected chi connectivity index (χ1v) is 14.6. The number of carbonyl (C=O) groups is 1. The van der Waals surface area contributed by atoms with Crippen LogP contribution in [-0.2, 0) is 24.1 Å². The summed E-state index contributed by atoms with van der Waals surface area (Å²) >= 11 is 0. The van der Waals surface area contributed by atoms with Crippen LogP contribution in [0.1, 0.15) is 59.6 Å². The summed E-state index contributed by atoms with van der Waals surface area (Å²) < 4.78 is 11.8. The molecule has 0 aliphatic rings. The molecule has 0 saturated carbocycles. The molecule has 1 aromatic heterocycles. The molecule has 0 fully saturated rings. The molecule has 42 heavy (non-hydrogen) atoms. The number of nitrogens with zero attached hydrogens (tertiary/aromatic N) is 3. The van der Waals surface area contributed by atoms with Crippen molar-refractivity contribution in [2.24, 2.45) is 0 Å². The fourth-order valence-electron chi connectivity index (χ4n) is 5.03. The van der Waals surface area contributed by atoms with Crippen LogP contribution in [0.3, 0.4) is 0 Å². The summed E-state index contributed by atoms with van der Waals surface area (Å²) in [7, 11) is 1.85. The van der Waals surface area contributed by atoms with Crippen molar-refractivity contribution >= 4 is 5.91 Å². The van der Waals surface area contributed by atoms with Gasteiger partial charge in [0.2, 0.25) is 11.8 Å². The van der Waals surface area contributed by atoms with Crippen molar-refractivity contribution in [1.29, 1.82) is 0 Å². The minimum Gasteiger partial charge on any atom is -0.422 e. The Morgan fingerprint density at radius 3 is 2.17 bits per heavy atom. The molecular formula is C36H37N3O3. The molecule has 0 aliphatic heterocycles. The molecule has 0 N–H and O–H groups in total. The van der Waals surface area contributed by atoms with E-state index in [1.54, 1.807) is 4.90 Å². The van der Waals surface area contributed by atoms with Crippen LogP contribution in [0.25, 0.3) is 22.3 Å². The van der Waals surface area contributed by atoms with E-state index in [9.17, 15) is 4.79 Å². The standard InChI is InChI=1S/C36H37N3O3/c1-4-10-34-37-38-35(42-34)33(41-5-2)24-26-15-17-30(18-16-26)32-14-9-11-27(23-32)25-39(3)36(40)31-21-19-29(20-22-31)28-12-7-6-8-13-28/h6-9,11-23,33H,4-5,10,24-25H2,1-3H3. The average molecular weight is 560 g/mol. The van der Waals surface area contributed by atoms with Crippen LogP contribution in [0, 0.1) is 0 Å². The van der Waals surface area contributed by atoms with Gasteiger partial charge < -0.3 is 14.1 Å². The minimum atomic E-state index is -0.273. The van der Waals surface area contributed by atoms with Gasteiger partial charge in [-0.05, 0) is 64.9 Å². The third-order valence-electron chi connectivity index (χ3n) is 7.23. The first-order valence-electron chi connectivity index (χ1n) is 14.6. The maximum atomic E-state index is 13.2. The molecular weight excluding hydrogens is 522 g/mol.